The number of anilines is 1. The van der Waals surface area contributed by atoms with Crippen molar-refractivity contribution >= 4 is 17.3 Å². The molecule has 6 nitrogen and oxygen atoms in total. The lowest BCUT2D eigenvalue weighted by atomic mass is 9.82. The fourth-order valence-electron chi connectivity index (χ4n) is 2.42. The van der Waals surface area contributed by atoms with E-state index in [-0.39, 0.29) is 16.7 Å². The van der Waals surface area contributed by atoms with Crippen LogP contribution in [0.2, 0.25) is 0 Å². The Hall–Kier alpha value is -2.11. The lowest BCUT2D eigenvalue weighted by molar-refractivity contribution is -0.384. The zero-order chi connectivity index (χ0) is 14.9. The molecule has 1 aliphatic heterocycles. The Morgan fingerprint density at radius 3 is 2.45 bits per heavy atom. The molecular weight excluding hydrogens is 260 g/mol. The number of piperidine rings is 1. The molecule has 0 radical (unpaired) electrons. The number of nitrogens with zero attached hydrogens (tertiary/aromatic N) is 2. The smallest absolute Gasteiger partial charge is 0.335 e. The van der Waals surface area contributed by atoms with Crippen LogP contribution in [0, 0.1) is 15.5 Å². The number of nitro benzene ring substituents is 1. The van der Waals surface area contributed by atoms with Gasteiger partial charge in [-0.15, -0.1) is 0 Å². The highest BCUT2D eigenvalue weighted by molar-refractivity contribution is 5.90. The van der Waals surface area contributed by atoms with Crippen LogP contribution in [0.3, 0.4) is 0 Å². The minimum Gasteiger partial charge on any atom is -0.478 e. The van der Waals surface area contributed by atoms with Gasteiger partial charge >= 0.3 is 5.97 Å². The summed E-state index contributed by atoms with van der Waals surface area (Å²) in [6.07, 6.45) is 1.86. The zero-order valence-electron chi connectivity index (χ0n) is 11.6. The van der Waals surface area contributed by atoms with E-state index in [0.717, 1.165) is 12.8 Å². The van der Waals surface area contributed by atoms with Crippen molar-refractivity contribution in [2.45, 2.75) is 26.7 Å². The molecule has 108 valence electrons. The van der Waals surface area contributed by atoms with Crippen molar-refractivity contribution in [3.05, 3.63) is 33.9 Å². The number of carboxylic acids is 1. The van der Waals surface area contributed by atoms with Gasteiger partial charge in [0.05, 0.1) is 10.5 Å². The van der Waals surface area contributed by atoms with Crippen molar-refractivity contribution in [1.82, 2.24) is 0 Å². The predicted octanol–water partition coefficient (Wildman–Crippen LogP) is 2.92. The van der Waals surface area contributed by atoms with Crippen LogP contribution in [0.15, 0.2) is 18.2 Å². The number of benzene rings is 1. The summed E-state index contributed by atoms with van der Waals surface area (Å²) in [6, 6.07) is 3.95. The fourth-order valence-corrected chi connectivity index (χ4v) is 2.42. The van der Waals surface area contributed by atoms with Gasteiger partial charge < -0.3 is 10.0 Å². The van der Waals surface area contributed by atoms with Crippen molar-refractivity contribution in [2.24, 2.45) is 5.41 Å². The van der Waals surface area contributed by atoms with Crippen LogP contribution in [0.5, 0.6) is 0 Å². The third kappa shape index (κ3) is 2.89. The normalized spacial score (nSPS) is 17.8. The van der Waals surface area contributed by atoms with Gasteiger partial charge in [-0.2, -0.15) is 0 Å². The highest BCUT2D eigenvalue weighted by Gasteiger charge is 2.29. The van der Waals surface area contributed by atoms with Crippen LogP contribution in [0.1, 0.15) is 37.0 Å². The second-order valence-corrected chi connectivity index (χ2v) is 5.92. The summed E-state index contributed by atoms with van der Waals surface area (Å²) in [6.45, 7) is 5.76. The number of carbonyl (C=O) groups is 1. The van der Waals surface area contributed by atoms with Crippen molar-refractivity contribution < 1.29 is 14.8 Å². The molecule has 0 amide bonds. The molecule has 6 heteroatoms. The second-order valence-electron chi connectivity index (χ2n) is 5.92. The van der Waals surface area contributed by atoms with Crippen LogP contribution < -0.4 is 4.90 Å². The molecule has 20 heavy (non-hydrogen) atoms. The van der Waals surface area contributed by atoms with Gasteiger partial charge in [-0.05, 0) is 30.4 Å². The van der Waals surface area contributed by atoms with E-state index in [2.05, 4.69) is 13.8 Å². The van der Waals surface area contributed by atoms with Crippen LogP contribution in [0.25, 0.3) is 0 Å². The van der Waals surface area contributed by atoms with Crippen molar-refractivity contribution in [3.8, 4) is 0 Å². The van der Waals surface area contributed by atoms with Crippen LogP contribution in [-0.4, -0.2) is 29.1 Å². The van der Waals surface area contributed by atoms with E-state index < -0.39 is 10.9 Å². The quantitative estimate of drug-likeness (QED) is 0.678. The molecule has 1 fully saturated rings. The number of hydrogen-bond acceptors (Lipinski definition) is 4. The van der Waals surface area contributed by atoms with Crippen LogP contribution in [-0.2, 0) is 0 Å². The van der Waals surface area contributed by atoms with E-state index >= 15 is 0 Å². The Bertz CT molecular complexity index is 544. The average Bonchev–Trinajstić information content (AvgIpc) is 2.37. The van der Waals surface area contributed by atoms with Gasteiger partial charge in [0.2, 0.25) is 0 Å². The molecule has 1 N–H and O–H groups in total. The standard InChI is InChI=1S/C14H18N2O4/c1-14(2)5-7-15(8-6-14)12-9-10(13(17)18)3-4-11(12)16(19)20/h3-4,9H,5-8H2,1-2H3,(H,17,18). The van der Waals surface area contributed by atoms with E-state index in [1.807, 2.05) is 4.90 Å². The highest BCUT2D eigenvalue weighted by atomic mass is 16.6. The molecule has 1 aromatic carbocycles. The van der Waals surface area contributed by atoms with E-state index in [1.54, 1.807) is 0 Å². The largest absolute Gasteiger partial charge is 0.478 e. The number of rotatable bonds is 3. The first kappa shape index (κ1) is 14.3. The molecule has 1 saturated heterocycles. The summed E-state index contributed by atoms with van der Waals surface area (Å²) >= 11 is 0. The molecular formula is C14H18N2O4. The zero-order valence-corrected chi connectivity index (χ0v) is 11.6. The molecule has 0 aliphatic carbocycles. The van der Waals surface area contributed by atoms with Crippen LogP contribution in [0.4, 0.5) is 11.4 Å². The molecule has 0 bridgehead atoms. The SMILES string of the molecule is CC1(C)CCN(c2cc(C(=O)O)ccc2[N+](=O)[O-])CC1. The Labute approximate surface area is 117 Å². The average molecular weight is 278 g/mol. The molecule has 1 aromatic rings. The molecule has 0 aromatic heterocycles. The van der Waals surface area contributed by atoms with Crippen molar-refractivity contribution in [1.29, 1.82) is 0 Å². The molecule has 0 unspecified atom stereocenters. The van der Waals surface area contributed by atoms with Gasteiger partial charge in [0.1, 0.15) is 5.69 Å². The second kappa shape index (κ2) is 5.11. The Morgan fingerprint density at radius 2 is 1.95 bits per heavy atom. The maximum atomic E-state index is 11.1. The third-order valence-corrected chi connectivity index (χ3v) is 3.88. The summed E-state index contributed by atoms with van der Waals surface area (Å²) < 4.78 is 0. The summed E-state index contributed by atoms with van der Waals surface area (Å²) in [5.41, 5.74) is 0.686. The monoisotopic (exact) mass is 278 g/mol. The van der Waals surface area contributed by atoms with Gasteiger partial charge in [0.15, 0.2) is 0 Å². The minimum absolute atomic E-state index is 0.0327. The first-order valence-electron chi connectivity index (χ1n) is 6.57. The van der Waals surface area contributed by atoms with Gasteiger partial charge in [0.25, 0.3) is 5.69 Å². The maximum absolute atomic E-state index is 11.1. The first-order chi connectivity index (χ1) is 9.30. The van der Waals surface area contributed by atoms with Gasteiger partial charge in [0, 0.05) is 19.2 Å². The molecule has 1 heterocycles. The summed E-state index contributed by atoms with van der Waals surface area (Å²) in [5.74, 6) is -1.07. The number of carboxylic acid groups (broad SMARTS) is 1. The lowest BCUT2D eigenvalue weighted by Crippen LogP contribution is -2.37. The van der Waals surface area contributed by atoms with E-state index in [4.69, 9.17) is 5.11 Å². The lowest BCUT2D eigenvalue weighted by Gasteiger charge is -2.37. The third-order valence-electron chi connectivity index (χ3n) is 3.88. The number of hydrogen-bond donors (Lipinski definition) is 1. The first-order valence-corrected chi connectivity index (χ1v) is 6.57. The number of nitro groups is 1. The topological polar surface area (TPSA) is 83.7 Å². The van der Waals surface area contributed by atoms with Gasteiger partial charge in [-0.1, -0.05) is 13.8 Å². The van der Waals surface area contributed by atoms with E-state index in [0.29, 0.717) is 18.8 Å². The van der Waals surface area contributed by atoms with E-state index in [1.165, 1.54) is 18.2 Å². The Balaban J connectivity index is 2.36. The predicted molar refractivity (Wildman–Crippen MR) is 75.3 cm³/mol. The summed E-state index contributed by atoms with van der Waals surface area (Å²) in [7, 11) is 0. The molecule has 0 atom stereocenters. The van der Waals surface area contributed by atoms with Crippen LogP contribution >= 0.6 is 0 Å². The molecule has 0 spiro atoms. The Morgan fingerprint density at radius 1 is 1.35 bits per heavy atom. The molecule has 2 rings (SSSR count). The number of aromatic carboxylic acids is 1. The van der Waals surface area contributed by atoms with E-state index in [9.17, 15) is 14.9 Å². The Kier molecular flexibility index (Phi) is 3.65. The van der Waals surface area contributed by atoms with Gasteiger partial charge in [-0.25, -0.2) is 4.79 Å². The molecule has 1 aliphatic rings. The van der Waals surface area contributed by atoms with Crippen molar-refractivity contribution in [2.75, 3.05) is 18.0 Å². The summed E-state index contributed by atoms with van der Waals surface area (Å²) in [5, 5.41) is 20.1. The fraction of sp³-hybridized carbons (Fsp3) is 0.500. The van der Waals surface area contributed by atoms with Crippen molar-refractivity contribution in [3.63, 3.8) is 0 Å². The van der Waals surface area contributed by atoms with Gasteiger partial charge in [-0.3, -0.25) is 10.1 Å². The molecule has 0 saturated carbocycles. The minimum atomic E-state index is -1.07. The maximum Gasteiger partial charge on any atom is 0.335 e. The summed E-state index contributed by atoms with van der Waals surface area (Å²) in [4.78, 5) is 23.6. The highest BCUT2D eigenvalue weighted by Crippen LogP contribution is 2.36.